The molecule has 0 aliphatic carbocycles. The van der Waals surface area contributed by atoms with E-state index in [9.17, 15) is 4.79 Å². The van der Waals surface area contributed by atoms with Crippen molar-refractivity contribution in [1.29, 1.82) is 0 Å². The van der Waals surface area contributed by atoms with Crippen LogP contribution in [0.15, 0.2) is 42.5 Å². The molecule has 1 fully saturated rings. The monoisotopic (exact) mass is 362 g/mol. The number of nitrogen functional groups attached to an aromatic ring is 1. The van der Waals surface area contributed by atoms with E-state index in [1.54, 1.807) is 6.07 Å². The largest absolute Gasteiger partial charge is 0.398 e. The van der Waals surface area contributed by atoms with Gasteiger partial charge in [0.2, 0.25) is 0 Å². The Bertz CT molecular complexity index is 970. The number of rotatable bonds is 6. The summed E-state index contributed by atoms with van der Waals surface area (Å²) in [5.41, 5.74) is 17.1. The number of hydrogen-bond acceptors (Lipinski definition) is 3. The molecule has 1 aromatic heterocycles. The van der Waals surface area contributed by atoms with E-state index in [1.807, 2.05) is 24.3 Å². The predicted molar refractivity (Wildman–Crippen MR) is 111 cm³/mol. The number of aromatic nitrogens is 1. The molecule has 0 radical (unpaired) electrons. The molecule has 1 aliphatic heterocycles. The first-order valence-corrected chi connectivity index (χ1v) is 9.65. The van der Waals surface area contributed by atoms with Gasteiger partial charge in [-0.25, -0.2) is 0 Å². The molecule has 5 heteroatoms. The number of para-hydroxylation sites is 2. The van der Waals surface area contributed by atoms with Gasteiger partial charge in [-0.1, -0.05) is 30.3 Å². The molecule has 5 nitrogen and oxygen atoms in total. The summed E-state index contributed by atoms with van der Waals surface area (Å²) in [7, 11) is 0. The Morgan fingerprint density at radius 2 is 1.89 bits per heavy atom. The van der Waals surface area contributed by atoms with Gasteiger partial charge in [0.1, 0.15) is 0 Å². The predicted octanol–water partition coefficient (Wildman–Crippen LogP) is 3.54. The van der Waals surface area contributed by atoms with Crippen molar-refractivity contribution in [3.63, 3.8) is 0 Å². The lowest BCUT2D eigenvalue weighted by atomic mass is 10.0. The Balaban J connectivity index is 1.59. The van der Waals surface area contributed by atoms with Gasteiger partial charge in [0.05, 0.1) is 11.1 Å². The second-order valence-corrected chi connectivity index (χ2v) is 7.35. The van der Waals surface area contributed by atoms with Crippen LogP contribution in [0.5, 0.6) is 0 Å². The van der Waals surface area contributed by atoms with E-state index in [0.29, 0.717) is 5.56 Å². The van der Waals surface area contributed by atoms with Gasteiger partial charge >= 0.3 is 0 Å². The van der Waals surface area contributed by atoms with E-state index in [2.05, 4.69) is 22.0 Å². The standard InChI is InChI=1S/C22H26N4O/c23-20-15(8-5-13-26-11-1-2-12-26)6-3-9-17(20)19-14-16-7-4-10-18(22(24)27)21(16)25-19/h3-4,6-7,9-10,14,25H,1-2,5,8,11-13,23H2,(H2,24,27). The van der Waals surface area contributed by atoms with Crippen LogP contribution in [0.25, 0.3) is 22.2 Å². The highest BCUT2D eigenvalue weighted by Gasteiger charge is 2.14. The molecule has 0 saturated carbocycles. The van der Waals surface area contributed by atoms with Gasteiger partial charge in [-0.2, -0.15) is 0 Å². The molecule has 4 rings (SSSR count). The second kappa shape index (κ2) is 7.45. The zero-order valence-corrected chi connectivity index (χ0v) is 15.5. The lowest BCUT2D eigenvalue weighted by molar-refractivity contribution is 0.100. The smallest absolute Gasteiger partial charge is 0.250 e. The first kappa shape index (κ1) is 17.6. The third-order valence-electron chi connectivity index (χ3n) is 5.53. The molecule has 1 saturated heterocycles. The lowest BCUT2D eigenvalue weighted by Gasteiger charge is -2.15. The summed E-state index contributed by atoms with van der Waals surface area (Å²) in [6.07, 6.45) is 4.74. The minimum atomic E-state index is -0.433. The molecule has 0 spiro atoms. The van der Waals surface area contributed by atoms with Crippen LogP contribution < -0.4 is 11.5 Å². The van der Waals surface area contributed by atoms with Crippen molar-refractivity contribution in [2.45, 2.75) is 25.7 Å². The van der Waals surface area contributed by atoms with E-state index in [-0.39, 0.29) is 0 Å². The number of amides is 1. The van der Waals surface area contributed by atoms with Crippen molar-refractivity contribution in [3.8, 4) is 11.3 Å². The highest BCUT2D eigenvalue weighted by atomic mass is 16.1. The highest BCUT2D eigenvalue weighted by Crippen LogP contribution is 2.32. The van der Waals surface area contributed by atoms with Gasteiger partial charge in [-0.3, -0.25) is 4.79 Å². The summed E-state index contributed by atoms with van der Waals surface area (Å²) < 4.78 is 0. The number of fused-ring (bicyclic) bond motifs is 1. The van der Waals surface area contributed by atoms with Crippen molar-refractivity contribution in [3.05, 3.63) is 53.6 Å². The molecule has 1 amide bonds. The van der Waals surface area contributed by atoms with Crippen LogP contribution in [0.3, 0.4) is 0 Å². The minimum Gasteiger partial charge on any atom is -0.398 e. The number of carbonyl (C=O) groups excluding carboxylic acids is 1. The van der Waals surface area contributed by atoms with Crippen molar-refractivity contribution < 1.29 is 4.79 Å². The molecule has 27 heavy (non-hydrogen) atoms. The summed E-state index contributed by atoms with van der Waals surface area (Å²) in [5, 5.41) is 0.958. The molecule has 0 atom stereocenters. The van der Waals surface area contributed by atoms with Crippen molar-refractivity contribution >= 4 is 22.5 Å². The van der Waals surface area contributed by atoms with Gasteiger partial charge in [0, 0.05) is 22.3 Å². The number of anilines is 1. The fourth-order valence-corrected chi connectivity index (χ4v) is 4.07. The summed E-state index contributed by atoms with van der Waals surface area (Å²) in [5.74, 6) is -0.433. The number of primary amides is 1. The molecule has 2 aromatic carbocycles. The SMILES string of the molecule is NC(=O)c1cccc2cc(-c3cccc(CCCN4CCCC4)c3N)[nH]c12. The fourth-order valence-electron chi connectivity index (χ4n) is 4.07. The Morgan fingerprint density at radius 1 is 1.11 bits per heavy atom. The van der Waals surface area contributed by atoms with Gasteiger partial charge in [-0.15, -0.1) is 0 Å². The van der Waals surface area contributed by atoms with E-state index in [1.165, 1.54) is 31.5 Å². The van der Waals surface area contributed by atoms with Gasteiger partial charge in [0.15, 0.2) is 0 Å². The normalized spacial score (nSPS) is 14.8. The van der Waals surface area contributed by atoms with Crippen LogP contribution >= 0.6 is 0 Å². The first-order valence-electron chi connectivity index (χ1n) is 9.65. The number of hydrogen-bond donors (Lipinski definition) is 3. The number of likely N-dealkylation sites (tertiary alicyclic amines) is 1. The summed E-state index contributed by atoms with van der Waals surface area (Å²) >= 11 is 0. The summed E-state index contributed by atoms with van der Waals surface area (Å²) in [4.78, 5) is 17.6. The number of H-pyrrole nitrogens is 1. The van der Waals surface area contributed by atoms with Crippen molar-refractivity contribution in [1.82, 2.24) is 9.88 Å². The average molecular weight is 362 g/mol. The van der Waals surface area contributed by atoms with E-state index < -0.39 is 5.91 Å². The second-order valence-electron chi connectivity index (χ2n) is 7.35. The molecule has 5 N–H and O–H groups in total. The summed E-state index contributed by atoms with van der Waals surface area (Å²) in [6.45, 7) is 3.59. The van der Waals surface area contributed by atoms with Crippen LogP contribution in [0.1, 0.15) is 35.2 Å². The van der Waals surface area contributed by atoms with Crippen molar-refractivity contribution in [2.24, 2.45) is 5.73 Å². The molecule has 3 aromatic rings. The molecular weight excluding hydrogens is 336 g/mol. The van der Waals surface area contributed by atoms with E-state index in [4.69, 9.17) is 11.5 Å². The fraction of sp³-hybridized carbons (Fsp3) is 0.318. The molecule has 0 unspecified atom stereocenters. The maximum absolute atomic E-state index is 11.7. The number of aromatic amines is 1. The third kappa shape index (κ3) is 3.55. The van der Waals surface area contributed by atoms with Gasteiger partial charge in [0.25, 0.3) is 5.91 Å². The Kier molecular flexibility index (Phi) is 4.86. The first-order chi connectivity index (χ1) is 13.1. The number of nitrogens with two attached hydrogens (primary N) is 2. The van der Waals surface area contributed by atoms with Crippen LogP contribution in [0.2, 0.25) is 0 Å². The third-order valence-corrected chi connectivity index (χ3v) is 5.53. The zero-order chi connectivity index (χ0) is 18.8. The minimum absolute atomic E-state index is 0.433. The Hall–Kier alpha value is -2.79. The maximum Gasteiger partial charge on any atom is 0.250 e. The number of benzene rings is 2. The highest BCUT2D eigenvalue weighted by molar-refractivity contribution is 6.06. The molecule has 140 valence electrons. The zero-order valence-electron chi connectivity index (χ0n) is 15.5. The van der Waals surface area contributed by atoms with Crippen LogP contribution in [0, 0.1) is 0 Å². The number of carbonyl (C=O) groups is 1. The molecule has 2 heterocycles. The Labute approximate surface area is 159 Å². The molecule has 0 bridgehead atoms. The number of aryl methyl sites for hydroxylation is 1. The van der Waals surface area contributed by atoms with Crippen LogP contribution in [-0.2, 0) is 6.42 Å². The Morgan fingerprint density at radius 3 is 2.67 bits per heavy atom. The van der Waals surface area contributed by atoms with Crippen molar-refractivity contribution in [2.75, 3.05) is 25.4 Å². The molecule has 1 aliphatic rings. The average Bonchev–Trinajstić information content (AvgIpc) is 3.32. The van der Waals surface area contributed by atoms with E-state index in [0.717, 1.165) is 47.2 Å². The molecular formula is C22H26N4O. The maximum atomic E-state index is 11.7. The number of nitrogens with zero attached hydrogens (tertiary/aromatic N) is 1. The van der Waals surface area contributed by atoms with Crippen LogP contribution in [-0.4, -0.2) is 35.4 Å². The number of nitrogens with one attached hydrogen (secondary N) is 1. The van der Waals surface area contributed by atoms with Gasteiger partial charge < -0.3 is 21.4 Å². The lowest BCUT2D eigenvalue weighted by Crippen LogP contribution is -2.20. The topological polar surface area (TPSA) is 88.1 Å². The van der Waals surface area contributed by atoms with Gasteiger partial charge in [-0.05, 0) is 63.0 Å². The van der Waals surface area contributed by atoms with Crippen LogP contribution in [0.4, 0.5) is 5.69 Å². The summed E-state index contributed by atoms with van der Waals surface area (Å²) in [6, 6.07) is 13.8. The quantitative estimate of drug-likeness (QED) is 0.586. The van der Waals surface area contributed by atoms with E-state index >= 15 is 0 Å².